The lowest BCUT2D eigenvalue weighted by atomic mass is 10.1. The van der Waals surface area contributed by atoms with Gasteiger partial charge in [0, 0.05) is 30.5 Å². The molecule has 2 aromatic carbocycles. The normalized spacial score (nSPS) is 11.6. The van der Waals surface area contributed by atoms with Crippen molar-refractivity contribution in [3.8, 4) is 6.07 Å². The van der Waals surface area contributed by atoms with Crippen LogP contribution in [0.1, 0.15) is 17.0 Å². The Kier molecular flexibility index (Phi) is 6.39. The average molecular weight is 399 g/mol. The molecule has 0 saturated heterocycles. The third-order valence-electron chi connectivity index (χ3n) is 4.37. The molecule has 0 unspecified atom stereocenters. The first kappa shape index (κ1) is 19.3. The van der Waals surface area contributed by atoms with Crippen LogP contribution in [0.2, 0.25) is 0 Å². The first-order valence-electron chi connectivity index (χ1n) is 8.70. The van der Waals surface area contributed by atoms with Crippen LogP contribution in [0.15, 0.2) is 42.5 Å². The number of allylic oxidation sites excluding steroid dienone is 1. The molecule has 1 N–H and O–H groups in total. The topological polar surface area (TPSA) is 55.7 Å². The maximum Gasteiger partial charge on any atom is 0.149 e. The van der Waals surface area contributed by atoms with E-state index in [4.69, 9.17) is 23.2 Å². The smallest absolute Gasteiger partial charge is 0.149 e. The van der Waals surface area contributed by atoms with E-state index in [1.54, 1.807) is 0 Å². The van der Waals surface area contributed by atoms with Crippen molar-refractivity contribution >= 4 is 51.6 Å². The van der Waals surface area contributed by atoms with E-state index in [1.807, 2.05) is 55.5 Å². The number of benzene rings is 2. The minimum absolute atomic E-state index is 0.497. The van der Waals surface area contributed by atoms with Crippen LogP contribution in [0, 0.1) is 18.3 Å². The van der Waals surface area contributed by atoms with Crippen molar-refractivity contribution in [2.45, 2.75) is 6.92 Å². The molecule has 4 nitrogen and oxygen atoms in total. The van der Waals surface area contributed by atoms with Crippen LogP contribution >= 0.6 is 23.2 Å². The van der Waals surface area contributed by atoms with Crippen LogP contribution in [0.5, 0.6) is 0 Å². The maximum absolute atomic E-state index is 9.60. The zero-order valence-electron chi connectivity index (χ0n) is 15.0. The Morgan fingerprint density at radius 3 is 2.44 bits per heavy atom. The molecule has 27 heavy (non-hydrogen) atoms. The van der Waals surface area contributed by atoms with Crippen molar-refractivity contribution in [1.29, 1.82) is 5.26 Å². The quantitative estimate of drug-likeness (QED) is 0.438. The Labute approximate surface area is 169 Å². The molecule has 0 fully saturated rings. The van der Waals surface area contributed by atoms with E-state index in [2.05, 4.69) is 20.9 Å². The first-order chi connectivity index (χ1) is 13.2. The first-order valence-corrected chi connectivity index (χ1v) is 9.77. The number of nitriles is 1. The fourth-order valence-corrected chi connectivity index (χ4v) is 3.39. The Morgan fingerprint density at radius 2 is 1.85 bits per heavy atom. The Hall–Kier alpha value is -2.48. The Morgan fingerprint density at radius 1 is 1.15 bits per heavy atom. The van der Waals surface area contributed by atoms with E-state index in [0.29, 0.717) is 23.2 Å². The van der Waals surface area contributed by atoms with Gasteiger partial charge in [-0.2, -0.15) is 5.26 Å². The highest BCUT2D eigenvalue weighted by atomic mass is 35.5. The molecule has 0 aliphatic rings. The van der Waals surface area contributed by atoms with E-state index in [9.17, 15) is 5.26 Å². The fraction of sp³-hybridized carbons (Fsp3) is 0.238. The summed E-state index contributed by atoms with van der Waals surface area (Å²) >= 11 is 11.7. The molecule has 0 radical (unpaired) electrons. The van der Waals surface area contributed by atoms with Gasteiger partial charge in [0.1, 0.15) is 11.9 Å². The van der Waals surface area contributed by atoms with Crippen LogP contribution in [0.25, 0.3) is 22.7 Å². The second-order valence-electron chi connectivity index (χ2n) is 6.18. The number of fused-ring (bicyclic) bond motifs is 1. The van der Waals surface area contributed by atoms with Gasteiger partial charge in [-0.25, -0.2) is 4.98 Å². The SMILES string of the molecule is Cc1cccc2[nH]c(/C(C#N)=C/c3ccc(N(CCCl)CCCl)cc3)nc12. The number of nitrogens with zero attached hydrogens (tertiary/aromatic N) is 3. The van der Waals surface area contributed by atoms with Gasteiger partial charge in [0.15, 0.2) is 0 Å². The highest BCUT2D eigenvalue weighted by molar-refractivity contribution is 6.18. The minimum Gasteiger partial charge on any atom is -0.369 e. The molecular formula is C21H20Cl2N4. The van der Waals surface area contributed by atoms with Crippen molar-refractivity contribution in [3.05, 3.63) is 59.4 Å². The molecule has 0 bridgehead atoms. The lowest BCUT2D eigenvalue weighted by Gasteiger charge is -2.22. The van der Waals surface area contributed by atoms with Crippen LogP contribution in [0.4, 0.5) is 5.69 Å². The number of aromatic nitrogens is 2. The minimum atomic E-state index is 0.497. The summed E-state index contributed by atoms with van der Waals surface area (Å²) in [5, 5.41) is 9.60. The summed E-state index contributed by atoms with van der Waals surface area (Å²) in [6, 6.07) is 16.2. The van der Waals surface area contributed by atoms with Gasteiger partial charge < -0.3 is 9.88 Å². The molecule has 0 spiro atoms. The molecule has 6 heteroatoms. The molecule has 1 aromatic heterocycles. The van der Waals surface area contributed by atoms with Crippen molar-refractivity contribution in [2.24, 2.45) is 0 Å². The number of aryl methyl sites for hydroxylation is 1. The van der Waals surface area contributed by atoms with E-state index in [0.717, 1.165) is 40.9 Å². The van der Waals surface area contributed by atoms with Crippen molar-refractivity contribution in [3.63, 3.8) is 0 Å². The Bertz CT molecular complexity index is 978. The van der Waals surface area contributed by atoms with E-state index < -0.39 is 0 Å². The fourth-order valence-electron chi connectivity index (χ4n) is 2.98. The molecule has 0 aliphatic carbocycles. The van der Waals surface area contributed by atoms with Crippen molar-refractivity contribution in [2.75, 3.05) is 29.7 Å². The number of para-hydroxylation sites is 1. The number of aromatic amines is 1. The number of nitrogens with one attached hydrogen (secondary N) is 1. The highest BCUT2D eigenvalue weighted by Crippen LogP contribution is 2.22. The number of imidazole rings is 1. The molecule has 3 rings (SSSR count). The van der Waals surface area contributed by atoms with Crippen LogP contribution in [-0.4, -0.2) is 34.8 Å². The van der Waals surface area contributed by atoms with E-state index >= 15 is 0 Å². The van der Waals surface area contributed by atoms with Gasteiger partial charge in [-0.3, -0.25) is 0 Å². The average Bonchev–Trinajstić information content (AvgIpc) is 3.12. The molecule has 0 aliphatic heterocycles. The maximum atomic E-state index is 9.60. The summed E-state index contributed by atoms with van der Waals surface area (Å²) in [6.07, 6.45) is 1.84. The van der Waals surface area contributed by atoms with Gasteiger partial charge in [-0.1, -0.05) is 24.3 Å². The number of hydrogen-bond donors (Lipinski definition) is 1. The zero-order chi connectivity index (χ0) is 19.2. The van der Waals surface area contributed by atoms with E-state index in [-0.39, 0.29) is 0 Å². The van der Waals surface area contributed by atoms with E-state index in [1.165, 1.54) is 0 Å². The lowest BCUT2D eigenvalue weighted by Crippen LogP contribution is -2.27. The van der Waals surface area contributed by atoms with Crippen LogP contribution in [0.3, 0.4) is 0 Å². The van der Waals surface area contributed by atoms with Gasteiger partial charge >= 0.3 is 0 Å². The number of alkyl halides is 2. The van der Waals surface area contributed by atoms with Crippen molar-refractivity contribution < 1.29 is 0 Å². The van der Waals surface area contributed by atoms with Crippen LogP contribution in [-0.2, 0) is 0 Å². The number of H-pyrrole nitrogens is 1. The van der Waals surface area contributed by atoms with Gasteiger partial charge in [-0.05, 0) is 42.3 Å². The standard InChI is InChI=1S/C21H20Cl2N4/c1-15-3-2-4-19-20(15)26-21(25-19)17(14-24)13-16-5-7-18(8-6-16)27(11-9-22)12-10-23/h2-8,13H,9-12H2,1H3,(H,25,26)/b17-13+. The molecular weight excluding hydrogens is 379 g/mol. The van der Waals surface area contributed by atoms with Gasteiger partial charge in [0.2, 0.25) is 0 Å². The second kappa shape index (κ2) is 8.94. The monoisotopic (exact) mass is 398 g/mol. The van der Waals surface area contributed by atoms with Gasteiger partial charge in [0.05, 0.1) is 16.6 Å². The van der Waals surface area contributed by atoms with Crippen LogP contribution < -0.4 is 4.90 Å². The summed E-state index contributed by atoms with van der Waals surface area (Å²) in [4.78, 5) is 9.96. The second-order valence-corrected chi connectivity index (χ2v) is 6.94. The predicted octanol–water partition coefficient (Wildman–Crippen LogP) is 5.22. The third-order valence-corrected chi connectivity index (χ3v) is 4.71. The Balaban J connectivity index is 1.89. The summed E-state index contributed by atoms with van der Waals surface area (Å²) in [6.45, 7) is 3.49. The molecule has 0 atom stereocenters. The number of hydrogen-bond acceptors (Lipinski definition) is 3. The molecule has 3 aromatic rings. The third kappa shape index (κ3) is 4.44. The summed E-state index contributed by atoms with van der Waals surface area (Å²) in [5.41, 5.74) is 5.39. The predicted molar refractivity (Wildman–Crippen MR) is 114 cm³/mol. The molecule has 1 heterocycles. The number of rotatable bonds is 7. The van der Waals surface area contributed by atoms with Gasteiger partial charge in [0.25, 0.3) is 0 Å². The molecule has 0 amide bonds. The van der Waals surface area contributed by atoms with Gasteiger partial charge in [-0.15, -0.1) is 23.2 Å². The molecule has 138 valence electrons. The number of halogens is 2. The zero-order valence-corrected chi connectivity index (χ0v) is 16.6. The highest BCUT2D eigenvalue weighted by Gasteiger charge is 2.10. The summed E-state index contributed by atoms with van der Waals surface area (Å²) < 4.78 is 0. The van der Waals surface area contributed by atoms with Crippen molar-refractivity contribution in [1.82, 2.24) is 9.97 Å². The molecule has 0 saturated carbocycles. The largest absolute Gasteiger partial charge is 0.369 e. The summed E-state index contributed by atoms with van der Waals surface area (Å²) in [5.74, 6) is 1.67. The number of anilines is 1. The lowest BCUT2D eigenvalue weighted by molar-refractivity contribution is 0.874. The summed E-state index contributed by atoms with van der Waals surface area (Å²) in [7, 11) is 0.